The number of nitrogens with zero attached hydrogens (tertiary/aromatic N) is 3. The summed E-state index contributed by atoms with van der Waals surface area (Å²) < 4.78 is 1.97. The molecule has 0 bridgehead atoms. The SMILES string of the molecule is CCS[C@@H]1CC[C@@H](N[C@H](C)c2cnc3cc(C)nn3c2C)C1. The smallest absolute Gasteiger partial charge is 0.155 e. The van der Waals surface area contributed by atoms with Gasteiger partial charge in [0, 0.05) is 40.9 Å². The third-order valence-corrected chi connectivity index (χ3v) is 5.86. The van der Waals surface area contributed by atoms with Gasteiger partial charge in [0.05, 0.1) is 5.69 Å². The average Bonchev–Trinajstić information content (AvgIpc) is 3.06. The summed E-state index contributed by atoms with van der Waals surface area (Å²) in [4.78, 5) is 4.56. The second-order valence-electron chi connectivity index (χ2n) is 6.33. The highest BCUT2D eigenvalue weighted by atomic mass is 32.2. The summed E-state index contributed by atoms with van der Waals surface area (Å²) in [6.45, 7) is 8.65. The summed E-state index contributed by atoms with van der Waals surface area (Å²) in [6.07, 6.45) is 5.93. The standard InChI is InChI=1S/C17H26N4S/c1-5-22-15-7-6-14(9-15)19-12(3)16-10-18-17-8-11(2)20-21(17)13(16)4/h8,10,12,14-15,19H,5-7,9H2,1-4H3/t12-,14-,15-/m1/s1. The van der Waals surface area contributed by atoms with Crippen LogP contribution in [-0.4, -0.2) is 31.6 Å². The van der Waals surface area contributed by atoms with E-state index in [2.05, 4.69) is 47.9 Å². The van der Waals surface area contributed by atoms with Crippen molar-refractivity contribution in [1.29, 1.82) is 0 Å². The first-order chi connectivity index (χ1) is 10.6. The van der Waals surface area contributed by atoms with Crippen molar-refractivity contribution >= 4 is 17.4 Å². The number of aromatic nitrogens is 3. The van der Waals surface area contributed by atoms with Crippen LogP contribution in [0.1, 0.15) is 56.1 Å². The normalized spacial score (nSPS) is 23.3. The zero-order chi connectivity index (χ0) is 15.7. The minimum Gasteiger partial charge on any atom is -0.307 e. The molecule has 1 N–H and O–H groups in total. The van der Waals surface area contributed by atoms with E-state index in [1.807, 2.05) is 23.7 Å². The Labute approximate surface area is 137 Å². The molecule has 0 spiro atoms. The van der Waals surface area contributed by atoms with Gasteiger partial charge in [-0.3, -0.25) is 0 Å². The van der Waals surface area contributed by atoms with Crippen LogP contribution in [0.25, 0.3) is 5.65 Å². The van der Waals surface area contributed by atoms with Crippen molar-refractivity contribution in [3.8, 4) is 0 Å². The molecule has 0 radical (unpaired) electrons. The first kappa shape index (κ1) is 15.8. The molecule has 5 heteroatoms. The highest BCUT2D eigenvalue weighted by Gasteiger charge is 2.26. The summed E-state index contributed by atoms with van der Waals surface area (Å²) in [5.74, 6) is 1.23. The Balaban J connectivity index is 1.72. The summed E-state index contributed by atoms with van der Waals surface area (Å²) in [5.41, 5.74) is 4.40. The van der Waals surface area contributed by atoms with Gasteiger partial charge in [-0.05, 0) is 45.8 Å². The molecule has 2 aromatic heterocycles. The largest absolute Gasteiger partial charge is 0.307 e. The van der Waals surface area contributed by atoms with Crippen molar-refractivity contribution < 1.29 is 0 Å². The van der Waals surface area contributed by atoms with Crippen LogP contribution in [0.3, 0.4) is 0 Å². The van der Waals surface area contributed by atoms with Gasteiger partial charge in [-0.2, -0.15) is 16.9 Å². The van der Waals surface area contributed by atoms with Crippen LogP contribution in [0, 0.1) is 13.8 Å². The van der Waals surface area contributed by atoms with E-state index in [9.17, 15) is 0 Å². The highest BCUT2D eigenvalue weighted by molar-refractivity contribution is 7.99. The molecule has 0 aliphatic heterocycles. The summed E-state index contributed by atoms with van der Waals surface area (Å²) in [7, 11) is 0. The number of fused-ring (bicyclic) bond motifs is 1. The molecule has 0 unspecified atom stereocenters. The van der Waals surface area contributed by atoms with E-state index < -0.39 is 0 Å². The molecule has 4 nitrogen and oxygen atoms in total. The summed E-state index contributed by atoms with van der Waals surface area (Å²) in [6, 6.07) is 2.98. The van der Waals surface area contributed by atoms with Gasteiger partial charge in [0.15, 0.2) is 5.65 Å². The lowest BCUT2D eigenvalue weighted by molar-refractivity contribution is 0.458. The van der Waals surface area contributed by atoms with Crippen LogP contribution in [0.5, 0.6) is 0 Å². The molecular weight excluding hydrogens is 292 g/mol. The molecule has 1 aliphatic rings. The molecule has 2 heterocycles. The van der Waals surface area contributed by atoms with E-state index in [1.165, 1.54) is 36.3 Å². The van der Waals surface area contributed by atoms with Crippen molar-refractivity contribution in [2.24, 2.45) is 0 Å². The van der Waals surface area contributed by atoms with Gasteiger partial charge >= 0.3 is 0 Å². The molecule has 1 fully saturated rings. The van der Waals surface area contributed by atoms with E-state index in [-0.39, 0.29) is 0 Å². The van der Waals surface area contributed by atoms with Gasteiger partial charge in [0.25, 0.3) is 0 Å². The summed E-state index contributed by atoms with van der Waals surface area (Å²) in [5, 5.41) is 9.19. The van der Waals surface area contributed by atoms with Crippen molar-refractivity contribution in [3.05, 3.63) is 29.2 Å². The number of rotatable bonds is 5. The van der Waals surface area contributed by atoms with Gasteiger partial charge in [-0.1, -0.05) is 6.92 Å². The fourth-order valence-electron chi connectivity index (χ4n) is 3.52. The fourth-order valence-corrected chi connectivity index (χ4v) is 4.67. The Morgan fingerprint density at radius 2 is 2.23 bits per heavy atom. The zero-order valence-electron chi connectivity index (χ0n) is 14.0. The lowest BCUT2D eigenvalue weighted by Gasteiger charge is -2.21. The molecule has 0 aromatic carbocycles. The minimum atomic E-state index is 0.316. The average molecular weight is 318 g/mol. The van der Waals surface area contributed by atoms with E-state index in [4.69, 9.17) is 0 Å². The molecule has 1 saturated carbocycles. The van der Waals surface area contributed by atoms with Gasteiger partial charge < -0.3 is 5.32 Å². The molecular formula is C17H26N4S. The Bertz CT molecular complexity index is 651. The van der Waals surface area contributed by atoms with Crippen LogP contribution in [0.15, 0.2) is 12.3 Å². The van der Waals surface area contributed by atoms with Crippen LogP contribution in [-0.2, 0) is 0 Å². The third kappa shape index (κ3) is 3.15. The molecule has 22 heavy (non-hydrogen) atoms. The second-order valence-corrected chi connectivity index (χ2v) is 7.91. The Kier molecular flexibility index (Phi) is 4.73. The first-order valence-electron chi connectivity index (χ1n) is 8.28. The third-order valence-electron chi connectivity index (χ3n) is 4.62. The Morgan fingerprint density at radius 1 is 1.41 bits per heavy atom. The predicted molar refractivity (Wildman–Crippen MR) is 93.6 cm³/mol. The molecule has 2 aromatic rings. The molecule has 3 rings (SSSR count). The molecule has 0 amide bonds. The lowest BCUT2D eigenvalue weighted by atomic mass is 10.1. The van der Waals surface area contributed by atoms with E-state index in [0.29, 0.717) is 12.1 Å². The van der Waals surface area contributed by atoms with Gasteiger partial charge in [-0.25, -0.2) is 9.50 Å². The maximum atomic E-state index is 4.56. The minimum absolute atomic E-state index is 0.316. The Morgan fingerprint density at radius 3 is 3.00 bits per heavy atom. The van der Waals surface area contributed by atoms with Crippen LogP contribution in [0.4, 0.5) is 0 Å². The van der Waals surface area contributed by atoms with E-state index in [1.54, 1.807) is 0 Å². The first-order valence-corrected chi connectivity index (χ1v) is 9.33. The Hall–Kier alpha value is -1.07. The van der Waals surface area contributed by atoms with E-state index in [0.717, 1.165) is 16.6 Å². The lowest BCUT2D eigenvalue weighted by Crippen LogP contribution is -2.30. The van der Waals surface area contributed by atoms with Crippen LogP contribution < -0.4 is 5.32 Å². The molecule has 120 valence electrons. The second kappa shape index (κ2) is 6.59. The number of hydrogen-bond donors (Lipinski definition) is 1. The molecule has 1 aliphatic carbocycles. The number of aryl methyl sites for hydroxylation is 2. The number of hydrogen-bond acceptors (Lipinski definition) is 4. The fraction of sp³-hybridized carbons (Fsp3) is 0.647. The van der Waals surface area contributed by atoms with E-state index >= 15 is 0 Å². The van der Waals surface area contributed by atoms with Gasteiger partial charge in [0.1, 0.15) is 0 Å². The maximum absolute atomic E-state index is 4.56. The molecule has 3 atom stereocenters. The quantitative estimate of drug-likeness (QED) is 0.913. The van der Waals surface area contributed by atoms with Crippen LogP contribution >= 0.6 is 11.8 Å². The zero-order valence-corrected chi connectivity index (χ0v) is 14.8. The topological polar surface area (TPSA) is 42.2 Å². The number of thioether (sulfide) groups is 1. The van der Waals surface area contributed by atoms with Gasteiger partial charge in [-0.15, -0.1) is 0 Å². The van der Waals surface area contributed by atoms with Crippen molar-refractivity contribution in [1.82, 2.24) is 19.9 Å². The monoisotopic (exact) mass is 318 g/mol. The highest BCUT2D eigenvalue weighted by Crippen LogP contribution is 2.31. The van der Waals surface area contributed by atoms with Crippen molar-refractivity contribution in [2.75, 3.05) is 5.75 Å². The predicted octanol–water partition coefficient (Wildman–Crippen LogP) is 3.67. The molecule has 0 saturated heterocycles. The number of nitrogens with one attached hydrogen (secondary N) is 1. The maximum Gasteiger partial charge on any atom is 0.155 e. The van der Waals surface area contributed by atoms with Gasteiger partial charge in [0.2, 0.25) is 0 Å². The summed E-state index contributed by atoms with van der Waals surface area (Å²) >= 11 is 2.11. The van der Waals surface area contributed by atoms with Crippen molar-refractivity contribution in [2.45, 2.75) is 64.3 Å². The van der Waals surface area contributed by atoms with Crippen LogP contribution in [0.2, 0.25) is 0 Å². The van der Waals surface area contributed by atoms with Crippen molar-refractivity contribution in [3.63, 3.8) is 0 Å².